The van der Waals surface area contributed by atoms with Crippen LogP contribution in [0.15, 0.2) is 35.0 Å². The Labute approximate surface area is 132 Å². The van der Waals surface area contributed by atoms with Gasteiger partial charge in [-0.25, -0.2) is 4.79 Å². The number of anilines is 1. The third-order valence-corrected chi connectivity index (χ3v) is 3.96. The number of amides is 1. The molecule has 5 nitrogen and oxygen atoms in total. The van der Waals surface area contributed by atoms with Crippen molar-refractivity contribution in [3.63, 3.8) is 0 Å². The fourth-order valence-corrected chi connectivity index (χ4v) is 2.82. The average molecular weight is 319 g/mol. The summed E-state index contributed by atoms with van der Waals surface area (Å²) in [6.45, 7) is 2.10. The molecule has 0 saturated carbocycles. The zero-order valence-electron chi connectivity index (χ0n) is 12.3. The van der Waals surface area contributed by atoms with Crippen LogP contribution < -0.4 is 5.32 Å². The molecule has 0 radical (unpaired) electrons. The Bertz CT molecular complexity index is 667. The molecule has 1 amide bonds. The first kappa shape index (κ1) is 16.2. The van der Waals surface area contributed by atoms with Crippen molar-refractivity contribution in [3.8, 4) is 0 Å². The molecule has 0 fully saturated rings. The molecule has 0 saturated heterocycles. The van der Waals surface area contributed by atoms with Gasteiger partial charge in [0.1, 0.15) is 0 Å². The van der Waals surface area contributed by atoms with Gasteiger partial charge in [-0.15, -0.1) is 0 Å². The highest BCUT2D eigenvalue weighted by Crippen LogP contribution is 2.22. The first-order chi connectivity index (χ1) is 10.5. The van der Waals surface area contributed by atoms with E-state index in [9.17, 15) is 9.59 Å². The highest BCUT2D eigenvalue weighted by atomic mass is 32.1. The van der Waals surface area contributed by atoms with Crippen LogP contribution in [-0.4, -0.2) is 24.1 Å². The smallest absolute Gasteiger partial charge is 0.335 e. The zero-order chi connectivity index (χ0) is 16.1. The van der Waals surface area contributed by atoms with Gasteiger partial charge in [0, 0.05) is 12.8 Å². The van der Waals surface area contributed by atoms with E-state index in [1.54, 1.807) is 6.07 Å². The number of carboxylic acid groups (broad SMARTS) is 1. The van der Waals surface area contributed by atoms with Gasteiger partial charge in [0.15, 0.2) is 0 Å². The van der Waals surface area contributed by atoms with Gasteiger partial charge in [0.05, 0.1) is 18.1 Å². The minimum atomic E-state index is -1.04. The highest BCUT2D eigenvalue weighted by molar-refractivity contribution is 7.08. The summed E-state index contributed by atoms with van der Waals surface area (Å²) in [6, 6.07) is 6.59. The Morgan fingerprint density at radius 2 is 2.14 bits per heavy atom. The second-order valence-corrected chi connectivity index (χ2v) is 5.70. The lowest BCUT2D eigenvalue weighted by molar-refractivity contribution is -0.117. The molecule has 1 aromatic heterocycles. The van der Waals surface area contributed by atoms with Gasteiger partial charge < -0.3 is 15.2 Å². The summed E-state index contributed by atoms with van der Waals surface area (Å²) in [5, 5.41) is 15.8. The molecule has 0 aliphatic heterocycles. The van der Waals surface area contributed by atoms with Gasteiger partial charge in [-0.1, -0.05) is 0 Å². The molecule has 1 atom stereocenters. The number of methoxy groups -OCH3 is 1. The third-order valence-electron chi connectivity index (χ3n) is 3.25. The minimum absolute atomic E-state index is 0.119. The SMILES string of the molecule is COCc1cc(NC(=O)C(C)c2ccsc2)cc(C(=O)O)c1. The summed E-state index contributed by atoms with van der Waals surface area (Å²) in [4.78, 5) is 23.4. The van der Waals surface area contributed by atoms with Gasteiger partial charge in [0.2, 0.25) is 5.91 Å². The molecule has 0 spiro atoms. The van der Waals surface area contributed by atoms with Crippen molar-refractivity contribution in [2.75, 3.05) is 12.4 Å². The number of carbonyl (C=O) groups is 2. The summed E-state index contributed by atoms with van der Waals surface area (Å²) < 4.78 is 5.02. The predicted octanol–water partition coefficient (Wildman–Crippen LogP) is 3.33. The number of thiophene rings is 1. The van der Waals surface area contributed by atoms with Crippen molar-refractivity contribution in [1.82, 2.24) is 0 Å². The summed E-state index contributed by atoms with van der Waals surface area (Å²) in [7, 11) is 1.53. The van der Waals surface area contributed by atoms with Crippen molar-refractivity contribution < 1.29 is 19.4 Å². The molecule has 2 rings (SSSR count). The van der Waals surface area contributed by atoms with Gasteiger partial charge >= 0.3 is 5.97 Å². The summed E-state index contributed by atoms with van der Waals surface area (Å²) in [5.41, 5.74) is 2.21. The monoisotopic (exact) mass is 319 g/mol. The maximum Gasteiger partial charge on any atom is 0.335 e. The van der Waals surface area contributed by atoms with E-state index in [0.717, 1.165) is 5.56 Å². The molecule has 1 aromatic carbocycles. The maximum absolute atomic E-state index is 12.3. The largest absolute Gasteiger partial charge is 0.478 e. The van der Waals surface area contributed by atoms with Crippen molar-refractivity contribution in [3.05, 3.63) is 51.7 Å². The van der Waals surface area contributed by atoms with Gasteiger partial charge in [-0.3, -0.25) is 4.79 Å². The van der Waals surface area contributed by atoms with Crippen LogP contribution in [0.4, 0.5) is 5.69 Å². The normalized spacial score (nSPS) is 11.9. The molecule has 6 heteroatoms. The molecule has 0 aliphatic rings. The molecule has 1 heterocycles. The number of carboxylic acids is 1. The minimum Gasteiger partial charge on any atom is -0.478 e. The van der Waals surface area contributed by atoms with Crippen LogP contribution in [-0.2, 0) is 16.1 Å². The van der Waals surface area contributed by atoms with Crippen molar-refractivity contribution >= 4 is 28.9 Å². The van der Waals surface area contributed by atoms with Crippen molar-refractivity contribution in [1.29, 1.82) is 0 Å². The van der Waals surface area contributed by atoms with E-state index in [-0.39, 0.29) is 24.0 Å². The quantitative estimate of drug-likeness (QED) is 0.856. The third kappa shape index (κ3) is 3.93. The van der Waals surface area contributed by atoms with Crippen LogP contribution in [0.2, 0.25) is 0 Å². The van der Waals surface area contributed by atoms with Crippen molar-refractivity contribution in [2.24, 2.45) is 0 Å². The van der Waals surface area contributed by atoms with Crippen molar-refractivity contribution in [2.45, 2.75) is 19.4 Å². The van der Waals surface area contributed by atoms with Gasteiger partial charge in [-0.2, -0.15) is 11.3 Å². The molecule has 0 aliphatic carbocycles. The second-order valence-electron chi connectivity index (χ2n) is 4.92. The average Bonchev–Trinajstić information content (AvgIpc) is 3.00. The van der Waals surface area contributed by atoms with Crippen LogP contribution in [0.5, 0.6) is 0 Å². The number of hydrogen-bond acceptors (Lipinski definition) is 4. The molecule has 116 valence electrons. The van der Waals surface area contributed by atoms with E-state index >= 15 is 0 Å². The standard InChI is InChI=1S/C16H17NO4S/c1-10(12-3-4-22-9-12)15(18)17-14-6-11(8-21-2)5-13(7-14)16(19)20/h3-7,9-10H,8H2,1-2H3,(H,17,18)(H,19,20). The summed E-state index contributed by atoms with van der Waals surface area (Å²) in [6.07, 6.45) is 0. The van der Waals surface area contributed by atoms with E-state index in [1.165, 1.54) is 30.6 Å². The zero-order valence-corrected chi connectivity index (χ0v) is 13.1. The molecule has 2 N–H and O–H groups in total. The fourth-order valence-electron chi connectivity index (χ4n) is 2.06. The van der Waals surface area contributed by atoms with E-state index in [2.05, 4.69) is 5.32 Å². The Hall–Kier alpha value is -2.18. The number of aromatic carboxylic acids is 1. The number of benzene rings is 1. The summed E-state index contributed by atoms with van der Waals surface area (Å²) in [5.74, 6) is -1.52. The fraction of sp³-hybridized carbons (Fsp3) is 0.250. The lowest BCUT2D eigenvalue weighted by Crippen LogP contribution is -2.19. The molecule has 2 aromatic rings. The molecule has 1 unspecified atom stereocenters. The van der Waals surface area contributed by atoms with E-state index in [0.29, 0.717) is 11.3 Å². The number of hydrogen-bond donors (Lipinski definition) is 2. The Balaban J connectivity index is 2.20. The predicted molar refractivity (Wildman–Crippen MR) is 85.5 cm³/mol. The topological polar surface area (TPSA) is 75.6 Å². The van der Waals surface area contributed by atoms with Gasteiger partial charge in [-0.05, 0) is 53.1 Å². The number of nitrogens with one attached hydrogen (secondary N) is 1. The molecular weight excluding hydrogens is 302 g/mol. The van der Waals surface area contributed by atoms with Crippen LogP contribution in [0.3, 0.4) is 0 Å². The Morgan fingerprint density at radius 3 is 2.73 bits per heavy atom. The molecular formula is C16H17NO4S. The van der Waals surface area contributed by atoms with Crippen LogP contribution in [0, 0.1) is 0 Å². The van der Waals surface area contributed by atoms with Crippen LogP contribution in [0.25, 0.3) is 0 Å². The lowest BCUT2D eigenvalue weighted by Gasteiger charge is -2.13. The number of ether oxygens (including phenoxy) is 1. The number of carbonyl (C=O) groups excluding carboxylic acids is 1. The summed E-state index contributed by atoms with van der Waals surface area (Å²) >= 11 is 1.53. The maximum atomic E-state index is 12.3. The number of rotatable bonds is 6. The van der Waals surface area contributed by atoms with E-state index in [1.807, 2.05) is 23.8 Å². The van der Waals surface area contributed by atoms with Crippen LogP contribution >= 0.6 is 11.3 Å². The lowest BCUT2D eigenvalue weighted by atomic mass is 10.0. The highest BCUT2D eigenvalue weighted by Gasteiger charge is 2.17. The van der Waals surface area contributed by atoms with E-state index < -0.39 is 5.97 Å². The van der Waals surface area contributed by atoms with Crippen LogP contribution in [0.1, 0.15) is 34.3 Å². The van der Waals surface area contributed by atoms with Gasteiger partial charge in [0.25, 0.3) is 0 Å². The second kappa shape index (κ2) is 7.20. The van der Waals surface area contributed by atoms with E-state index in [4.69, 9.17) is 9.84 Å². The first-order valence-electron chi connectivity index (χ1n) is 6.70. The Kier molecular flexibility index (Phi) is 5.30. The first-order valence-corrected chi connectivity index (χ1v) is 7.64. The molecule has 22 heavy (non-hydrogen) atoms. The Morgan fingerprint density at radius 1 is 1.36 bits per heavy atom. The molecule has 0 bridgehead atoms.